The second kappa shape index (κ2) is 7.13. The van der Waals surface area contributed by atoms with Gasteiger partial charge in [-0.15, -0.1) is 0 Å². The van der Waals surface area contributed by atoms with Crippen LogP contribution < -0.4 is 21.7 Å². The predicted octanol–water partition coefficient (Wildman–Crippen LogP) is -0.751. The molecule has 0 heterocycles. The second-order valence-corrected chi connectivity index (χ2v) is 4.21. The molecule has 7 nitrogen and oxygen atoms in total. The minimum absolute atomic E-state index is 0.204. The van der Waals surface area contributed by atoms with Crippen LogP contribution in [0.5, 0.6) is 0 Å². The van der Waals surface area contributed by atoms with Gasteiger partial charge in [-0.05, 0) is 31.2 Å². The van der Waals surface area contributed by atoms with E-state index in [1.807, 2.05) is 0 Å². The zero-order valence-electron chi connectivity index (χ0n) is 11.4. The molecule has 0 aliphatic heterocycles. The van der Waals surface area contributed by atoms with Crippen molar-refractivity contribution < 1.29 is 14.4 Å². The van der Waals surface area contributed by atoms with E-state index in [2.05, 4.69) is 16.0 Å². The van der Waals surface area contributed by atoms with Crippen molar-refractivity contribution in [2.75, 3.05) is 19.3 Å². The lowest BCUT2D eigenvalue weighted by Gasteiger charge is -2.12. The Morgan fingerprint density at radius 2 is 1.80 bits per heavy atom. The Balaban J connectivity index is 2.43. The Kier molecular flexibility index (Phi) is 5.52. The largest absolute Gasteiger partial charge is 0.399 e. The number of amides is 3. The number of anilines is 1. The van der Waals surface area contributed by atoms with Gasteiger partial charge >= 0.3 is 0 Å². The number of hydrogen-bond acceptors (Lipinski definition) is 4. The van der Waals surface area contributed by atoms with Gasteiger partial charge in [0.1, 0.15) is 6.04 Å². The van der Waals surface area contributed by atoms with Crippen LogP contribution in [0.25, 0.3) is 0 Å². The first-order valence-electron chi connectivity index (χ1n) is 6.08. The molecule has 1 unspecified atom stereocenters. The monoisotopic (exact) mass is 278 g/mol. The molecule has 1 atom stereocenters. The Labute approximate surface area is 116 Å². The van der Waals surface area contributed by atoms with Crippen molar-refractivity contribution in [3.05, 3.63) is 29.8 Å². The molecule has 1 aromatic rings. The molecule has 5 N–H and O–H groups in total. The average Bonchev–Trinajstić information content (AvgIpc) is 2.44. The third-order valence-electron chi connectivity index (χ3n) is 2.60. The third kappa shape index (κ3) is 4.60. The second-order valence-electron chi connectivity index (χ2n) is 4.21. The summed E-state index contributed by atoms with van der Waals surface area (Å²) >= 11 is 0. The average molecular weight is 278 g/mol. The maximum atomic E-state index is 11.7. The molecule has 0 bridgehead atoms. The Hall–Kier alpha value is -2.57. The summed E-state index contributed by atoms with van der Waals surface area (Å²) in [5.74, 6) is -1.12. The quantitative estimate of drug-likeness (QED) is 0.531. The van der Waals surface area contributed by atoms with Gasteiger partial charge in [0.05, 0.1) is 6.54 Å². The van der Waals surface area contributed by atoms with Crippen LogP contribution in [-0.2, 0) is 9.59 Å². The molecule has 0 aliphatic rings. The van der Waals surface area contributed by atoms with Crippen LogP contribution in [-0.4, -0.2) is 37.4 Å². The Bertz CT molecular complexity index is 499. The van der Waals surface area contributed by atoms with Crippen molar-refractivity contribution in [3.8, 4) is 0 Å². The summed E-state index contributed by atoms with van der Waals surface area (Å²) in [6, 6.07) is 5.68. The Morgan fingerprint density at radius 3 is 2.35 bits per heavy atom. The summed E-state index contributed by atoms with van der Waals surface area (Å²) in [5.41, 5.74) is 6.47. The topological polar surface area (TPSA) is 113 Å². The summed E-state index contributed by atoms with van der Waals surface area (Å²) in [6.45, 7) is 1.35. The maximum Gasteiger partial charge on any atom is 0.251 e. The lowest BCUT2D eigenvalue weighted by Crippen LogP contribution is -2.47. The van der Waals surface area contributed by atoms with E-state index in [0.717, 1.165) is 0 Å². The van der Waals surface area contributed by atoms with Crippen LogP contribution in [0.3, 0.4) is 0 Å². The van der Waals surface area contributed by atoms with Crippen molar-refractivity contribution >= 4 is 23.4 Å². The minimum Gasteiger partial charge on any atom is -0.399 e. The molecule has 1 aromatic carbocycles. The van der Waals surface area contributed by atoms with Crippen LogP contribution in [0, 0.1) is 0 Å². The van der Waals surface area contributed by atoms with E-state index >= 15 is 0 Å². The van der Waals surface area contributed by atoms with Crippen LogP contribution in [0.2, 0.25) is 0 Å². The zero-order chi connectivity index (χ0) is 15.1. The molecule has 0 saturated heterocycles. The number of benzene rings is 1. The summed E-state index contributed by atoms with van der Waals surface area (Å²) in [5, 5.41) is 7.33. The van der Waals surface area contributed by atoms with Gasteiger partial charge in [-0.2, -0.15) is 0 Å². The number of carbonyl (C=O) groups is 3. The molecular weight excluding hydrogens is 260 g/mol. The molecule has 1 rings (SSSR count). The first kappa shape index (κ1) is 15.5. The molecule has 3 amide bonds. The zero-order valence-corrected chi connectivity index (χ0v) is 11.4. The van der Waals surface area contributed by atoms with E-state index in [9.17, 15) is 14.4 Å². The number of likely N-dealkylation sites (N-methyl/N-ethyl adjacent to an activating group) is 1. The van der Waals surface area contributed by atoms with Gasteiger partial charge in [0.15, 0.2) is 0 Å². The molecule has 0 fully saturated rings. The van der Waals surface area contributed by atoms with Crippen molar-refractivity contribution in [3.63, 3.8) is 0 Å². The summed E-state index contributed by atoms with van der Waals surface area (Å²) in [7, 11) is 1.48. The minimum atomic E-state index is -0.652. The van der Waals surface area contributed by atoms with Crippen LogP contribution in [0.15, 0.2) is 24.3 Å². The van der Waals surface area contributed by atoms with Crippen molar-refractivity contribution in [2.45, 2.75) is 13.0 Å². The number of rotatable bonds is 5. The number of hydrogen-bond donors (Lipinski definition) is 4. The summed E-state index contributed by atoms with van der Waals surface area (Å²) < 4.78 is 0. The van der Waals surface area contributed by atoms with Gasteiger partial charge in [0.25, 0.3) is 5.91 Å². The van der Waals surface area contributed by atoms with Crippen molar-refractivity contribution in [1.29, 1.82) is 0 Å². The molecule has 108 valence electrons. The van der Waals surface area contributed by atoms with Gasteiger partial charge in [-0.25, -0.2) is 0 Å². The normalized spacial score (nSPS) is 11.3. The van der Waals surface area contributed by atoms with Gasteiger partial charge in [-0.3, -0.25) is 14.4 Å². The molecule has 0 aliphatic carbocycles. The smallest absolute Gasteiger partial charge is 0.251 e. The fourth-order valence-corrected chi connectivity index (χ4v) is 1.47. The van der Waals surface area contributed by atoms with Crippen molar-refractivity contribution in [2.24, 2.45) is 0 Å². The van der Waals surface area contributed by atoms with Gasteiger partial charge in [0.2, 0.25) is 11.8 Å². The van der Waals surface area contributed by atoms with Gasteiger partial charge in [-0.1, -0.05) is 0 Å². The molecule has 0 aromatic heterocycles. The molecular formula is C13H18N4O3. The highest BCUT2D eigenvalue weighted by atomic mass is 16.2. The maximum absolute atomic E-state index is 11.7. The van der Waals surface area contributed by atoms with Gasteiger partial charge < -0.3 is 21.7 Å². The van der Waals surface area contributed by atoms with E-state index in [4.69, 9.17) is 5.73 Å². The Morgan fingerprint density at radius 1 is 1.20 bits per heavy atom. The number of nitrogens with one attached hydrogen (secondary N) is 3. The number of nitrogen functional groups attached to an aromatic ring is 1. The van der Waals surface area contributed by atoms with E-state index in [-0.39, 0.29) is 18.4 Å². The van der Waals surface area contributed by atoms with E-state index in [1.165, 1.54) is 7.05 Å². The van der Waals surface area contributed by atoms with Gasteiger partial charge in [0, 0.05) is 18.3 Å². The summed E-state index contributed by atoms with van der Waals surface area (Å²) in [6.07, 6.45) is 0. The van der Waals surface area contributed by atoms with Crippen LogP contribution >= 0.6 is 0 Å². The highest BCUT2D eigenvalue weighted by molar-refractivity contribution is 5.97. The highest BCUT2D eigenvalue weighted by Gasteiger charge is 2.14. The standard InChI is InChI=1S/C13H18N4O3/c1-8(12(19)15-2)17-11(18)7-16-13(20)9-3-5-10(14)6-4-9/h3-6,8H,7,14H2,1-2H3,(H,15,19)(H,16,20)(H,17,18). The van der Waals surface area contributed by atoms with Crippen LogP contribution in [0.1, 0.15) is 17.3 Å². The lowest BCUT2D eigenvalue weighted by atomic mass is 10.2. The first-order chi connectivity index (χ1) is 9.43. The first-order valence-corrected chi connectivity index (χ1v) is 6.08. The fourth-order valence-electron chi connectivity index (χ4n) is 1.47. The highest BCUT2D eigenvalue weighted by Crippen LogP contribution is 2.04. The predicted molar refractivity (Wildman–Crippen MR) is 74.9 cm³/mol. The third-order valence-corrected chi connectivity index (χ3v) is 2.60. The van der Waals surface area contributed by atoms with E-state index < -0.39 is 11.9 Å². The fraction of sp³-hybridized carbons (Fsp3) is 0.308. The number of nitrogens with two attached hydrogens (primary N) is 1. The molecule has 20 heavy (non-hydrogen) atoms. The lowest BCUT2D eigenvalue weighted by molar-refractivity contribution is -0.127. The van der Waals surface area contributed by atoms with E-state index in [1.54, 1.807) is 31.2 Å². The number of carbonyl (C=O) groups excluding carboxylic acids is 3. The van der Waals surface area contributed by atoms with Crippen molar-refractivity contribution in [1.82, 2.24) is 16.0 Å². The van der Waals surface area contributed by atoms with E-state index in [0.29, 0.717) is 11.3 Å². The SMILES string of the molecule is CNC(=O)C(C)NC(=O)CNC(=O)c1ccc(N)cc1. The molecule has 0 radical (unpaired) electrons. The summed E-state index contributed by atoms with van der Waals surface area (Å²) in [4.78, 5) is 34.5. The molecule has 0 spiro atoms. The molecule has 0 saturated carbocycles. The van der Waals surface area contributed by atoms with Crippen LogP contribution in [0.4, 0.5) is 5.69 Å². The molecule has 7 heteroatoms.